The van der Waals surface area contributed by atoms with Gasteiger partial charge in [-0.15, -0.1) is 0 Å². The Labute approximate surface area is 240 Å². The molecule has 2 heterocycles. The number of aliphatic hydroxyl groups excluding tert-OH is 1. The molecule has 1 amide bonds. The fourth-order valence-electron chi connectivity index (χ4n) is 6.73. The van der Waals surface area contributed by atoms with Gasteiger partial charge in [0.05, 0.1) is 0 Å². The number of carbonyl (C=O) groups excluding carboxylic acids is 1. The number of hydrogen-bond acceptors (Lipinski definition) is 3. The summed E-state index contributed by atoms with van der Waals surface area (Å²) in [5.74, 6) is 0.111. The van der Waals surface area contributed by atoms with E-state index in [1.165, 1.54) is 21.9 Å². The molecule has 202 valence electrons. The minimum atomic E-state index is -3.74. The predicted molar refractivity (Wildman–Crippen MR) is 163 cm³/mol. The Balaban J connectivity index is 1.56. The number of rotatable bonds is 6. The van der Waals surface area contributed by atoms with Crippen molar-refractivity contribution >= 4 is 35.0 Å². The number of hydrogen-bond donors (Lipinski definition) is 1. The molecule has 0 radical (unpaired) electrons. The van der Waals surface area contributed by atoms with Crippen LogP contribution >= 0.6 is 0 Å². The van der Waals surface area contributed by atoms with Crippen LogP contribution in [0.5, 0.6) is 0 Å². The van der Waals surface area contributed by atoms with Gasteiger partial charge in [0.1, 0.15) is 0 Å². The number of benzene rings is 4. The van der Waals surface area contributed by atoms with Crippen LogP contribution in [0.4, 0.5) is 0 Å². The minimum absolute atomic E-state index is 0.0319. The third-order valence-corrected chi connectivity index (χ3v) is 21.7. The average molecular weight is 636 g/mol. The van der Waals surface area contributed by atoms with Gasteiger partial charge >= 0.3 is 242 Å². The van der Waals surface area contributed by atoms with E-state index in [-0.39, 0.29) is 17.9 Å². The Morgan fingerprint density at radius 3 is 1.73 bits per heavy atom. The fourth-order valence-corrected chi connectivity index (χ4v) is 19.5. The second kappa shape index (κ2) is 11.7. The van der Waals surface area contributed by atoms with Crippen molar-refractivity contribution in [1.29, 1.82) is 0 Å². The summed E-state index contributed by atoms with van der Waals surface area (Å²) < 4.78 is 12.3. The van der Waals surface area contributed by atoms with Crippen molar-refractivity contribution in [2.24, 2.45) is 0 Å². The van der Waals surface area contributed by atoms with Gasteiger partial charge in [-0.3, -0.25) is 0 Å². The van der Waals surface area contributed by atoms with E-state index in [1.54, 1.807) is 7.11 Å². The molecule has 4 atom stereocenters. The van der Waals surface area contributed by atoms with Crippen molar-refractivity contribution in [2.75, 3.05) is 13.7 Å². The Morgan fingerprint density at radius 2 is 1.25 bits per heavy atom. The molecule has 2 aliphatic rings. The summed E-state index contributed by atoms with van der Waals surface area (Å²) in [6, 6.07) is 43.0. The van der Waals surface area contributed by atoms with Crippen LogP contribution in [0.2, 0.25) is 0 Å². The molecule has 0 aromatic heterocycles. The molecule has 2 fully saturated rings. The van der Waals surface area contributed by atoms with Gasteiger partial charge in [0.15, 0.2) is 0 Å². The second-order valence-electron chi connectivity index (χ2n) is 10.9. The number of β-lactam (4-membered cyclic amide) rings is 1. The van der Waals surface area contributed by atoms with E-state index in [0.717, 1.165) is 6.42 Å². The Morgan fingerprint density at radius 1 is 0.775 bits per heavy atom. The third kappa shape index (κ3) is 4.93. The van der Waals surface area contributed by atoms with Crippen LogP contribution < -0.4 is 10.7 Å². The van der Waals surface area contributed by atoms with Crippen LogP contribution in [0.25, 0.3) is 0 Å². The first-order valence-electron chi connectivity index (χ1n) is 14.1. The van der Waals surface area contributed by atoms with Gasteiger partial charge < -0.3 is 0 Å². The van der Waals surface area contributed by atoms with Crippen LogP contribution in [-0.2, 0) is 9.53 Å². The molecule has 0 unspecified atom stereocenters. The number of amides is 1. The van der Waals surface area contributed by atoms with E-state index in [0.29, 0.717) is 13.0 Å². The Kier molecular flexibility index (Phi) is 7.92. The summed E-state index contributed by atoms with van der Waals surface area (Å²) >= 11 is -3.74. The van der Waals surface area contributed by atoms with Crippen molar-refractivity contribution in [3.63, 3.8) is 0 Å². The van der Waals surface area contributed by atoms with Crippen LogP contribution in [0.15, 0.2) is 131 Å². The van der Waals surface area contributed by atoms with Gasteiger partial charge in [0.25, 0.3) is 0 Å². The van der Waals surface area contributed by atoms with Gasteiger partial charge in [-0.25, -0.2) is 0 Å². The maximum absolute atomic E-state index is 13.2. The Bertz CT molecular complexity index is 1360. The average Bonchev–Trinajstić information content (AvgIpc) is 3.01. The quantitative estimate of drug-likeness (QED) is 0.259. The standard InChI is InChI=1S/C17H20NO3.3C6H5.Sn/c1-11-8-13(12-6-4-3-5-7-12)9-14(19)15-16(21-2)17(20)18(15)10-11;3*1-2-4-6-5-3-1;/h1,3-7,13-16,19H,8-10H2,2H3;3*1-5H;/t13-,14+,15-,16+;;;;/m0..../s1. The van der Waals surface area contributed by atoms with E-state index in [4.69, 9.17) is 4.74 Å². The van der Waals surface area contributed by atoms with Crippen LogP contribution in [-0.4, -0.2) is 66.2 Å². The summed E-state index contributed by atoms with van der Waals surface area (Å²) in [6.07, 6.45) is 0.150. The molecule has 4 aromatic rings. The maximum atomic E-state index is 13.2. The zero-order valence-electron chi connectivity index (χ0n) is 22.8. The summed E-state index contributed by atoms with van der Waals surface area (Å²) in [4.78, 5) is 15.0. The molecular weight excluding hydrogens is 601 g/mol. The molecule has 1 N–H and O–H groups in total. The van der Waals surface area contributed by atoms with Crippen molar-refractivity contribution in [3.8, 4) is 0 Å². The van der Waals surface area contributed by atoms with Gasteiger partial charge in [-0.05, 0) is 0 Å². The van der Waals surface area contributed by atoms with E-state index < -0.39 is 30.6 Å². The molecule has 6 rings (SSSR count). The molecular formula is C35H35NO3Sn. The monoisotopic (exact) mass is 637 g/mol. The molecule has 5 heteroatoms. The first-order valence-corrected chi connectivity index (χ1v) is 20.0. The molecule has 40 heavy (non-hydrogen) atoms. The van der Waals surface area contributed by atoms with Crippen LogP contribution in [0.1, 0.15) is 24.3 Å². The predicted octanol–water partition coefficient (Wildman–Crippen LogP) is 3.79. The van der Waals surface area contributed by atoms with Crippen molar-refractivity contribution in [1.82, 2.24) is 4.90 Å². The SMILES string of the molecule is CO[C@H]1C(=O)N2CC(=[CH][Sn]([c]3ccccc3)([c]3ccccc3)[c]3ccccc3)C[C@H](c3ccccc3)C[C@@H](O)[C@@H]12. The molecule has 0 aliphatic carbocycles. The summed E-state index contributed by atoms with van der Waals surface area (Å²) in [7, 11) is 1.57. The molecule has 0 bridgehead atoms. The topological polar surface area (TPSA) is 49.8 Å². The number of methoxy groups -OCH3 is 1. The van der Waals surface area contributed by atoms with Gasteiger partial charge in [-0.2, -0.15) is 0 Å². The normalized spacial score (nSPS) is 24.1. The molecule has 4 aromatic carbocycles. The van der Waals surface area contributed by atoms with E-state index in [9.17, 15) is 9.90 Å². The number of ether oxygens (including phenoxy) is 1. The summed E-state index contributed by atoms with van der Waals surface area (Å²) in [5.41, 5.74) is 2.49. The first kappa shape index (κ1) is 27.0. The van der Waals surface area contributed by atoms with Gasteiger partial charge in [0.2, 0.25) is 0 Å². The summed E-state index contributed by atoms with van der Waals surface area (Å²) in [6.45, 7) is 0.509. The van der Waals surface area contributed by atoms with Crippen molar-refractivity contribution in [2.45, 2.75) is 37.0 Å². The zero-order chi connectivity index (χ0) is 27.5. The van der Waals surface area contributed by atoms with Crippen LogP contribution in [0.3, 0.4) is 0 Å². The molecule has 0 spiro atoms. The molecule has 4 nitrogen and oxygen atoms in total. The van der Waals surface area contributed by atoms with Gasteiger partial charge in [-0.1, -0.05) is 0 Å². The van der Waals surface area contributed by atoms with Crippen LogP contribution in [0, 0.1) is 0 Å². The number of fused-ring (bicyclic) bond motifs is 1. The summed E-state index contributed by atoms with van der Waals surface area (Å²) in [5, 5.41) is 11.3. The van der Waals surface area contributed by atoms with E-state index >= 15 is 0 Å². The fraction of sp³-hybridized carbons (Fsp3) is 0.229. The Hall–Kier alpha value is -3.19. The second-order valence-corrected chi connectivity index (χ2v) is 21.3. The van der Waals surface area contributed by atoms with Gasteiger partial charge in [0, 0.05) is 0 Å². The molecule has 2 saturated heterocycles. The number of carbonyl (C=O) groups is 1. The van der Waals surface area contributed by atoms with Crippen molar-refractivity contribution < 1.29 is 14.6 Å². The molecule has 0 saturated carbocycles. The van der Waals surface area contributed by atoms with E-state index in [2.05, 4.69) is 119 Å². The number of aliphatic hydroxyl groups is 1. The molecule has 2 aliphatic heterocycles. The number of nitrogens with zero attached hydrogens (tertiary/aromatic N) is 1. The van der Waals surface area contributed by atoms with Crippen molar-refractivity contribution in [3.05, 3.63) is 137 Å². The van der Waals surface area contributed by atoms with E-state index in [1.807, 2.05) is 11.0 Å². The first-order chi connectivity index (χ1) is 19.6. The third-order valence-electron chi connectivity index (χ3n) is 8.63. The zero-order valence-corrected chi connectivity index (χ0v) is 25.6.